The number of fused-ring (bicyclic) bond motifs is 1. The number of aryl methyl sites for hydroxylation is 1. The Kier molecular flexibility index (Phi) is 6.64. The number of anilines is 1. The summed E-state index contributed by atoms with van der Waals surface area (Å²) < 4.78 is 14.1. The highest BCUT2D eigenvalue weighted by atomic mass is 19.1. The average Bonchev–Trinajstić information content (AvgIpc) is 3.49. The van der Waals surface area contributed by atoms with Gasteiger partial charge in [0, 0.05) is 37.4 Å². The summed E-state index contributed by atoms with van der Waals surface area (Å²) in [6, 6.07) is 8.12. The number of nitrogen functional groups attached to an aromatic ring is 1. The molecule has 1 fully saturated rings. The van der Waals surface area contributed by atoms with E-state index in [9.17, 15) is 9.50 Å². The van der Waals surface area contributed by atoms with Crippen LogP contribution in [0.5, 0.6) is 5.75 Å². The van der Waals surface area contributed by atoms with Gasteiger partial charge in [0.1, 0.15) is 5.71 Å². The molecule has 1 saturated heterocycles. The van der Waals surface area contributed by atoms with Crippen molar-refractivity contribution >= 4 is 11.4 Å². The van der Waals surface area contributed by atoms with Crippen molar-refractivity contribution in [2.45, 2.75) is 33.4 Å². The fraction of sp³-hybridized carbons (Fsp3) is 0.357. The second-order valence-electron chi connectivity index (χ2n) is 9.70. The molecule has 3 aromatic rings. The normalized spacial score (nSPS) is 15.8. The first-order chi connectivity index (χ1) is 17.8. The summed E-state index contributed by atoms with van der Waals surface area (Å²) in [6.07, 6.45) is 0.636. The van der Waals surface area contributed by atoms with E-state index < -0.39 is 5.82 Å². The molecule has 0 atom stereocenters. The summed E-state index contributed by atoms with van der Waals surface area (Å²) >= 11 is 0. The van der Waals surface area contributed by atoms with Crippen LogP contribution >= 0.6 is 0 Å². The topological polar surface area (TPSA) is 108 Å². The van der Waals surface area contributed by atoms with E-state index in [1.807, 2.05) is 13.0 Å². The van der Waals surface area contributed by atoms with Crippen molar-refractivity contribution in [1.29, 1.82) is 5.41 Å². The van der Waals surface area contributed by atoms with E-state index in [4.69, 9.17) is 16.1 Å². The van der Waals surface area contributed by atoms with Crippen molar-refractivity contribution in [3.8, 4) is 16.9 Å². The van der Waals surface area contributed by atoms with Crippen LogP contribution in [0.25, 0.3) is 11.1 Å². The Bertz CT molecular complexity index is 1330. The maximum Gasteiger partial charge on any atom is 0.165 e. The highest BCUT2D eigenvalue weighted by molar-refractivity contribution is 6.12. The SMILES string of the molecule is C=C(N1CCN(CC)CC1)N1Cc2nc(C(=N)c3ccc(-c4cc(F)c(O)cc4CC)cc3N)[nH]c2C1. The lowest BCUT2D eigenvalue weighted by atomic mass is 9.95. The van der Waals surface area contributed by atoms with Gasteiger partial charge in [0.2, 0.25) is 0 Å². The average molecular weight is 504 g/mol. The standard InChI is InChI=1S/C28H34FN7O/c1-4-18-13-26(37)22(29)14-21(18)19-6-7-20(23(30)12-19)27(31)28-32-24-15-36(16-25(24)33-28)17(3)35-10-8-34(5-2)9-11-35/h6-7,12-14,31,37H,3-5,8-11,15-16,30H2,1-2H3,(H,32,33). The number of imidazole rings is 1. The van der Waals surface area contributed by atoms with Crippen LogP contribution in [0.15, 0.2) is 42.7 Å². The molecule has 0 saturated carbocycles. The number of H-pyrrole nitrogens is 1. The van der Waals surface area contributed by atoms with Crippen molar-refractivity contribution in [2.75, 3.05) is 38.5 Å². The number of hydrogen-bond donors (Lipinski definition) is 4. The molecule has 5 N–H and O–H groups in total. The van der Waals surface area contributed by atoms with E-state index in [-0.39, 0.29) is 11.5 Å². The number of nitrogens with two attached hydrogens (primary N) is 1. The summed E-state index contributed by atoms with van der Waals surface area (Å²) in [5, 5.41) is 18.5. The number of rotatable bonds is 7. The molecule has 5 rings (SSSR count). The van der Waals surface area contributed by atoms with Gasteiger partial charge in [-0.15, -0.1) is 0 Å². The number of nitrogens with zero attached hydrogens (tertiary/aromatic N) is 4. The summed E-state index contributed by atoms with van der Waals surface area (Å²) in [5.74, 6) is 0.471. The molecular formula is C28H34FN7O. The van der Waals surface area contributed by atoms with Crippen LogP contribution in [0.1, 0.15) is 42.2 Å². The summed E-state index contributed by atoms with van der Waals surface area (Å²) in [7, 11) is 0. The van der Waals surface area contributed by atoms with Gasteiger partial charge in [0.25, 0.3) is 0 Å². The van der Waals surface area contributed by atoms with E-state index in [1.165, 1.54) is 12.1 Å². The quantitative estimate of drug-likeness (QED) is 0.288. The second-order valence-corrected chi connectivity index (χ2v) is 9.70. The van der Waals surface area contributed by atoms with Gasteiger partial charge in [-0.1, -0.05) is 32.6 Å². The predicted octanol–water partition coefficient (Wildman–Crippen LogP) is 3.91. The Hall–Kier alpha value is -3.85. The minimum atomic E-state index is -0.673. The largest absolute Gasteiger partial charge is 0.505 e. The molecule has 8 nitrogen and oxygen atoms in total. The van der Waals surface area contributed by atoms with Crippen LogP contribution in [0.2, 0.25) is 0 Å². The smallest absolute Gasteiger partial charge is 0.165 e. The predicted molar refractivity (Wildman–Crippen MR) is 144 cm³/mol. The maximum absolute atomic E-state index is 14.1. The fourth-order valence-electron chi connectivity index (χ4n) is 5.21. The molecule has 0 radical (unpaired) electrons. The molecular weight excluding hydrogens is 469 g/mol. The van der Waals surface area contributed by atoms with E-state index in [2.05, 4.69) is 33.2 Å². The molecule has 0 aliphatic carbocycles. The molecule has 1 aromatic heterocycles. The van der Waals surface area contributed by atoms with Gasteiger partial charge < -0.3 is 30.5 Å². The van der Waals surface area contributed by atoms with Gasteiger partial charge in [0.05, 0.1) is 30.3 Å². The molecule has 2 aliphatic heterocycles. The maximum atomic E-state index is 14.1. The van der Waals surface area contributed by atoms with Crippen LogP contribution in [-0.2, 0) is 19.5 Å². The number of phenols is 1. The molecule has 194 valence electrons. The zero-order chi connectivity index (χ0) is 26.3. The number of nitrogens with one attached hydrogen (secondary N) is 2. The van der Waals surface area contributed by atoms with Gasteiger partial charge in [-0.05, 0) is 47.9 Å². The monoisotopic (exact) mass is 503 g/mol. The molecule has 2 aliphatic rings. The highest BCUT2D eigenvalue weighted by Crippen LogP contribution is 2.33. The number of benzene rings is 2. The molecule has 0 bridgehead atoms. The number of likely N-dealkylation sites (N-methyl/N-ethyl adjacent to an activating group) is 1. The van der Waals surface area contributed by atoms with Gasteiger partial charge in [0.15, 0.2) is 17.4 Å². The molecule has 9 heteroatoms. The van der Waals surface area contributed by atoms with Crippen LogP contribution in [0.4, 0.5) is 10.1 Å². The molecule has 0 spiro atoms. The van der Waals surface area contributed by atoms with Crippen LogP contribution in [0, 0.1) is 11.2 Å². The Morgan fingerprint density at radius 1 is 1.14 bits per heavy atom. The van der Waals surface area contributed by atoms with E-state index >= 15 is 0 Å². The third-order valence-corrected chi connectivity index (χ3v) is 7.53. The minimum absolute atomic E-state index is 0.215. The number of halogens is 1. The lowest BCUT2D eigenvalue weighted by Gasteiger charge is -2.39. The first-order valence-corrected chi connectivity index (χ1v) is 12.8. The number of piperazine rings is 1. The van der Waals surface area contributed by atoms with Crippen molar-refractivity contribution < 1.29 is 9.50 Å². The minimum Gasteiger partial charge on any atom is -0.505 e. The number of aromatic hydroxyl groups is 1. The Morgan fingerprint density at radius 3 is 2.54 bits per heavy atom. The number of hydrogen-bond acceptors (Lipinski definition) is 7. The van der Waals surface area contributed by atoms with Gasteiger partial charge in [-0.3, -0.25) is 5.41 Å². The van der Waals surface area contributed by atoms with Crippen LogP contribution < -0.4 is 5.73 Å². The molecule has 37 heavy (non-hydrogen) atoms. The van der Waals surface area contributed by atoms with Gasteiger partial charge in [-0.25, -0.2) is 9.37 Å². The first-order valence-electron chi connectivity index (χ1n) is 12.8. The first kappa shape index (κ1) is 24.8. The molecule has 2 aromatic carbocycles. The second kappa shape index (κ2) is 9.89. The lowest BCUT2D eigenvalue weighted by Crippen LogP contribution is -2.47. The Labute approximate surface area is 216 Å². The van der Waals surface area contributed by atoms with Crippen molar-refractivity contribution in [3.05, 3.63) is 76.9 Å². The van der Waals surface area contributed by atoms with Crippen LogP contribution in [-0.4, -0.2) is 68.2 Å². The zero-order valence-corrected chi connectivity index (χ0v) is 21.4. The zero-order valence-electron chi connectivity index (χ0n) is 21.4. The van der Waals surface area contributed by atoms with E-state index in [0.29, 0.717) is 42.1 Å². The Morgan fingerprint density at radius 2 is 1.89 bits per heavy atom. The van der Waals surface area contributed by atoms with E-state index in [0.717, 1.165) is 61.1 Å². The Balaban J connectivity index is 1.30. The summed E-state index contributed by atoms with van der Waals surface area (Å²) in [5.41, 5.74) is 11.7. The van der Waals surface area contributed by atoms with Crippen LogP contribution in [0.3, 0.4) is 0 Å². The number of aromatic nitrogens is 2. The van der Waals surface area contributed by atoms with Crippen molar-refractivity contribution in [1.82, 2.24) is 24.7 Å². The number of phenolic OH excluding ortho intramolecular Hbond substituents is 1. The molecule has 3 heterocycles. The summed E-state index contributed by atoms with van der Waals surface area (Å²) in [4.78, 5) is 15.1. The molecule has 0 amide bonds. The third kappa shape index (κ3) is 4.67. The van der Waals surface area contributed by atoms with E-state index in [1.54, 1.807) is 12.1 Å². The lowest BCUT2D eigenvalue weighted by molar-refractivity contribution is 0.125. The van der Waals surface area contributed by atoms with Crippen molar-refractivity contribution in [3.63, 3.8) is 0 Å². The highest BCUT2D eigenvalue weighted by Gasteiger charge is 2.29. The number of aromatic amines is 1. The molecule has 0 unspecified atom stereocenters. The van der Waals surface area contributed by atoms with Gasteiger partial charge in [-0.2, -0.15) is 0 Å². The fourth-order valence-corrected chi connectivity index (χ4v) is 5.21. The summed E-state index contributed by atoms with van der Waals surface area (Å²) in [6.45, 7) is 15.0. The van der Waals surface area contributed by atoms with Gasteiger partial charge >= 0.3 is 0 Å². The third-order valence-electron chi connectivity index (χ3n) is 7.53. The van der Waals surface area contributed by atoms with Crippen molar-refractivity contribution in [2.24, 2.45) is 0 Å².